The highest BCUT2D eigenvalue weighted by molar-refractivity contribution is 7.46. The maximum atomic E-state index is 12.8. The second-order valence-corrected chi connectivity index (χ2v) is 11.9. The van der Waals surface area contributed by atoms with E-state index in [1.165, 1.54) is 18.4 Å². The minimum absolute atomic E-state index is 0.316. The first-order valence-electron chi connectivity index (χ1n) is 18.0. The highest BCUT2D eigenvalue weighted by Gasteiger charge is 2.13. The predicted octanol–water partition coefficient (Wildman–Crippen LogP) is 11.4. The summed E-state index contributed by atoms with van der Waals surface area (Å²) in [6.45, 7) is 23.3. The van der Waals surface area contributed by atoms with Crippen LogP contribution >= 0.6 is 8.58 Å². The van der Waals surface area contributed by atoms with Gasteiger partial charge in [0, 0.05) is 40.9 Å². The number of urea groups is 1. The quantitative estimate of drug-likeness (QED) is 0.133. The number of aromatic nitrogens is 3. The van der Waals surface area contributed by atoms with Gasteiger partial charge in [-0.1, -0.05) is 120 Å². The van der Waals surface area contributed by atoms with Gasteiger partial charge in [0.15, 0.2) is 5.65 Å². The van der Waals surface area contributed by atoms with Crippen LogP contribution in [0.5, 0.6) is 5.75 Å². The van der Waals surface area contributed by atoms with Crippen LogP contribution < -0.4 is 26.0 Å². The Hall–Kier alpha value is -4.42. The Labute approximate surface area is 303 Å². The number of amides is 2. The van der Waals surface area contributed by atoms with Crippen LogP contribution in [0.25, 0.3) is 16.9 Å². The summed E-state index contributed by atoms with van der Waals surface area (Å²) in [7, 11) is 2.21. The van der Waals surface area contributed by atoms with Crippen LogP contribution in [-0.4, -0.2) is 34.4 Å². The molecule has 8 nitrogen and oxygen atoms in total. The lowest BCUT2D eigenvalue weighted by molar-refractivity contribution is 0.262. The molecule has 0 aliphatic heterocycles. The van der Waals surface area contributed by atoms with Crippen LogP contribution in [0.1, 0.15) is 91.8 Å². The Bertz CT molecular complexity index is 1680. The SMILES string of the molecule is CC.CC.CCC.CCC.CCc1cc(NC(=O)Nc2cccc(CNc3cc(-c4ccccc4C)nc4c(PC)cnn34)c2)cc(OC)c1. The van der Waals surface area contributed by atoms with E-state index in [2.05, 4.69) is 81.4 Å². The maximum absolute atomic E-state index is 12.8. The molecule has 0 bridgehead atoms. The first-order valence-corrected chi connectivity index (χ1v) is 19.5. The molecular formula is C41H61N6O2P. The van der Waals surface area contributed by atoms with Gasteiger partial charge in [-0.25, -0.2) is 9.78 Å². The summed E-state index contributed by atoms with van der Waals surface area (Å²) in [5, 5.41) is 15.1. The molecule has 2 amide bonds. The molecule has 5 rings (SSSR count). The van der Waals surface area contributed by atoms with Crippen molar-refractivity contribution in [3.8, 4) is 17.0 Å². The van der Waals surface area contributed by atoms with E-state index >= 15 is 0 Å². The molecule has 5 aromatic rings. The third kappa shape index (κ3) is 13.5. The van der Waals surface area contributed by atoms with Gasteiger partial charge in [-0.15, -0.1) is 0 Å². The number of benzene rings is 3. The second-order valence-electron chi connectivity index (χ2n) is 10.9. The highest BCUT2D eigenvalue weighted by atomic mass is 31.1. The third-order valence-corrected chi connectivity index (χ3v) is 7.58. The molecule has 0 radical (unpaired) electrons. The smallest absolute Gasteiger partial charge is 0.323 e. The first kappa shape index (κ1) is 43.6. The molecule has 0 spiro atoms. The fourth-order valence-corrected chi connectivity index (χ4v) is 5.14. The second kappa shape index (κ2) is 24.7. The Balaban J connectivity index is 0.00000113. The molecule has 3 N–H and O–H groups in total. The number of hydrogen-bond acceptors (Lipinski definition) is 5. The number of carbonyl (C=O) groups is 1. The van der Waals surface area contributed by atoms with Crippen molar-refractivity contribution >= 4 is 42.8 Å². The van der Waals surface area contributed by atoms with Crippen LogP contribution in [0.15, 0.2) is 79.0 Å². The molecule has 0 aliphatic rings. The predicted molar refractivity (Wildman–Crippen MR) is 220 cm³/mol. The average Bonchev–Trinajstić information content (AvgIpc) is 3.56. The molecule has 272 valence electrons. The summed E-state index contributed by atoms with van der Waals surface area (Å²) in [6, 6.07) is 23.5. The fraction of sp³-hybridized carbons (Fsp3) is 0.390. The van der Waals surface area contributed by atoms with E-state index in [1.807, 2.05) is 93.0 Å². The topological polar surface area (TPSA) is 92.6 Å². The number of hydrogen-bond donors (Lipinski definition) is 3. The van der Waals surface area contributed by atoms with Gasteiger partial charge >= 0.3 is 6.03 Å². The van der Waals surface area contributed by atoms with Crippen molar-refractivity contribution < 1.29 is 9.53 Å². The van der Waals surface area contributed by atoms with Gasteiger partial charge in [0.2, 0.25) is 0 Å². The molecular weight excluding hydrogens is 639 g/mol. The molecule has 0 saturated carbocycles. The van der Waals surface area contributed by atoms with Crippen LogP contribution in [-0.2, 0) is 13.0 Å². The van der Waals surface area contributed by atoms with Crippen molar-refractivity contribution in [2.75, 3.05) is 29.7 Å². The molecule has 50 heavy (non-hydrogen) atoms. The van der Waals surface area contributed by atoms with Crippen molar-refractivity contribution in [3.63, 3.8) is 0 Å². The van der Waals surface area contributed by atoms with Gasteiger partial charge in [0.1, 0.15) is 11.6 Å². The summed E-state index contributed by atoms with van der Waals surface area (Å²) in [5.74, 6) is 1.57. The summed E-state index contributed by atoms with van der Waals surface area (Å²) in [5.41, 5.74) is 7.51. The number of carbonyl (C=O) groups excluding carboxylic acids is 1. The molecule has 0 saturated heterocycles. The third-order valence-electron chi connectivity index (χ3n) is 6.69. The molecule has 1 atom stereocenters. The number of anilines is 3. The number of rotatable bonds is 9. The van der Waals surface area contributed by atoms with Crippen LogP contribution in [0.3, 0.4) is 0 Å². The number of ether oxygens (including phenoxy) is 1. The molecule has 2 heterocycles. The van der Waals surface area contributed by atoms with E-state index < -0.39 is 0 Å². The maximum Gasteiger partial charge on any atom is 0.323 e. The van der Waals surface area contributed by atoms with E-state index in [1.54, 1.807) is 13.2 Å². The normalized spacial score (nSPS) is 9.92. The molecule has 2 aromatic heterocycles. The average molecular weight is 701 g/mol. The van der Waals surface area contributed by atoms with Gasteiger partial charge in [0.25, 0.3) is 0 Å². The summed E-state index contributed by atoms with van der Waals surface area (Å²) in [6.07, 6.45) is 5.24. The lowest BCUT2D eigenvalue weighted by Crippen LogP contribution is -2.19. The zero-order chi connectivity index (χ0) is 37.5. The van der Waals surface area contributed by atoms with Gasteiger partial charge < -0.3 is 20.7 Å². The van der Waals surface area contributed by atoms with Gasteiger partial charge in [-0.05, 0) is 61.0 Å². The number of aryl methyl sites for hydroxylation is 2. The monoisotopic (exact) mass is 700 g/mol. The van der Waals surface area contributed by atoms with E-state index in [9.17, 15) is 4.79 Å². The van der Waals surface area contributed by atoms with E-state index in [0.717, 1.165) is 45.6 Å². The van der Waals surface area contributed by atoms with Crippen molar-refractivity contribution in [2.45, 2.75) is 95.0 Å². The summed E-state index contributed by atoms with van der Waals surface area (Å²) in [4.78, 5) is 17.7. The standard InChI is InChI=1S/C31H33N6O2P.2C3H8.2C2H6/c1-5-21-13-24(16-25(15-21)39-3)35-31(38)34-23-11-8-10-22(14-23)18-32-29-17-27(26-12-7-6-9-20(26)2)36-30-28(40-4)19-33-37(29)30;2*1-3-2;2*1-2/h6-17,19,32,40H,5,18H2,1-4H3,(H2,34,35,38);2*3H2,1-2H3;2*1-2H3. The number of fused-ring (bicyclic) bond motifs is 1. The zero-order valence-corrected chi connectivity index (χ0v) is 33.5. The van der Waals surface area contributed by atoms with Crippen molar-refractivity contribution in [1.29, 1.82) is 0 Å². The first-order chi connectivity index (χ1) is 24.3. The Morgan fingerprint density at radius 3 is 2.08 bits per heavy atom. The highest BCUT2D eigenvalue weighted by Crippen LogP contribution is 2.26. The van der Waals surface area contributed by atoms with Crippen LogP contribution in [0, 0.1) is 6.92 Å². The Kier molecular flexibility index (Phi) is 21.5. The zero-order valence-electron chi connectivity index (χ0n) is 32.5. The molecule has 3 aromatic carbocycles. The van der Waals surface area contributed by atoms with E-state index in [0.29, 0.717) is 32.2 Å². The Morgan fingerprint density at radius 1 is 0.820 bits per heavy atom. The number of nitrogens with zero attached hydrogens (tertiary/aromatic N) is 3. The molecule has 0 aliphatic carbocycles. The number of nitrogens with one attached hydrogen (secondary N) is 3. The minimum Gasteiger partial charge on any atom is -0.497 e. The lowest BCUT2D eigenvalue weighted by atomic mass is 10.1. The van der Waals surface area contributed by atoms with Crippen molar-refractivity contribution in [1.82, 2.24) is 14.6 Å². The molecule has 0 fully saturated rings. The van der Waals surface area contributed by atoms with Gasteiger partial charge in [-0.3, -0.25) is 0 Å². The minimum atomic E-state index is -0.316. The van der Waals surface area contributed by atoms with E-state index in [4.69, 9.17) is 9.72 Å². The van der Waals surface area contributed by atoms with Crippen molar-refractivity contribution in [3.05, 3.63) is 95.7 Å². The van der Waals surface area contributed by atoms with Crippen LogP contribution in [0.4, 0.5) is 22.0 Å². The Morgan fingerprint density at radius 2 is 1.46 bits per heavy atom. The number of methoxy groups -OCH3 is 1. The van der Waals surface area contributed by atoms with E-state index in [-0.39, 0.29) is 6.03 Å². The molecule has 1 unspecified atom stereocenters. The molecule has 9 heteroatoms. The summed E-state index contributed by atoms with van der Waals surface area (Å²) >= 11 is 0. The summed E-state index contributed by atoms with van der Waals surface area (Å²) < 4.78 is 7.22. The lowest BCUT2D eigenvalue weighted by Gasteiger charge is -2.14. The van der Waals surface area contributed by atoms with Crippen LogP contribution in [0.2, 0.25) is 0 Å². The van der Waals surface area contributed by atoms with Crippen molar-refractivity contribution in [2.24, 2.45) is 0 Å². The van der Waals surface area contributed by atoms with Gasteiger partial charge in [0.05, 0.1) is 19.0 Å². The fourth-order valence-electron chi connectivity index (χ4n) is 4.56. The largest absolute Gasteiger partial charge is 0.497 e. The van der Waals surface area contributed by atoms with Gasteiger partial charge in [-0.2, -0.15) is 9.61 Å².